The van der Waals surface area contributed by atoms with E-state index in [2.05, 4.69) is 15.3 Å². The number of Topliss-reactive ketones (excluding diaryl/α,β-unsaturated/α-hetero) is 1. The molecule has 0 aliphatic rings. The maximum absolute atomic E-state index is 12.6. The Morgan fingerprint density at radius 2 is 1.90 bits per heavy atom. The molecule has 1 aromatic carbocycles. The highest BCUT2D eigenvalue weighted by atomic mass is 32.2. The zero-order chi connectivity index (χ0) is 22.2. The molecule has 0 bridgehead atoms. The van der Waals surface area contributed by atoms with Crippen LogP contribution in [0.5, 0.6) is 11.6 Å². The maximum Gasteiger partial charge on any atom is 0.243 e. The second-order valence-corrected chi connectivity index (χ2v) is 7.47. The van der Waals surface area contributed by atoms with Crippen LogP contribution in [0.3, 0.4) is 0 Å². The summed E-state index contributed by atoms with van der Waals surface area (Å²) in [5.41, 5.74) is 1.39. The van der Waals surface area contributed by atoms with Gasteiger partial charge in [-0.15, -0.1) is 15.3 Å². The van der Waals surface area contributed by atoms with Gasteiger partial charge in [-0.3, -0.25) is 14.0 Å². The minimum atomic E-state index is 0.00398. The van der Waals surface area contributed by atoms with Crippen molar-refractivity contribution in [1.82, 2.24) is 24.5 Å². The smallest absolute Gasteiger partial charge is 0.243 e. The normalized spacial score (nSPS) is 11.0. The van der Waals surface area contributed by atoms with Crippen LogP contribution in [0.1, 0.15) is 24.2 Å². The van der Waals surface area contributed by atoms with E-state index in [1.807, 2.05) is 24.6 Å². The van der Waals surface area contributed by atoms with Crippen LogP contribution >= 0.6 is 11.8 Å². The van der Waals surface area contributed by atoms with Crippen LogP contribution in [0, 0.1) is 0 Å². The van der Waals surface area contributed by atoms with Gasteiger partial charge in [-0.25, -0.2) is 0 Å². The third kappa shape index (κ3) is 5.45. The summed E-state index contributed by atoms with van der Waals surface area (Å²) in [7, 11) is 3.24. The molecule has 0 saturated heterocycles. The van der Waals surface area contributed by atoms with E-state index >= 15 is 0 Å². The lowest BCUT2D eigenvalue weighted by molar-refractivity contribution is 0.102. The number of carbonyl (C=O) groups is 1. The fourth-order valence-electron chi connectivity index (χ4n) is 2.93. The molecule has 31 heavy (non-hydrogen) atoms. The first kappa shape index (κ1) is 22.8. The summed E-state index contributed by atoms with van der Waals surface area (Å²) in [6.45, 7) is 6.16. The van der Waals surface area contributed by atoms with Gasteiger partial charge in [-0.2, -0.15) is 0 Å². The van der Waals surface area contributed by atoms with Crippen molar-refractivity contribution in [1.29, 1.82) is 0 Å². The molecule has 2 aromatic heterocycles. The standard InChI is InChI=1S/C21H27N5O4S/c1-5-25-13-17(20(24-25)30-6-2)19-22-23-21(26(19)11-12-28-3)31-14-18(27)15-7-9-16(29-4)10-8-15/h7-10,13H,5-6,11-12,14H2,1-4H3. The third-order valence-corrected chi connectivity index (χ3v) is 5.52. The van der Waals surface area contributed by atoms with E-state index in [0.717, 1.165) is 5.56 Å². The summed E-state index contributed by atoms with van der Waals surface area (Å²) in [6.07, 6.45) is 1.90. The molecule has 0 aliphatic carbocycles. The van der Waals surface area contributed by atoms with Crippen LogP contribution in [0.25, 0.3) is 11.4 Å². The number of methoxy groups -OCH3 is 2. The maximum atomic E-state index is 12.6. The Kier molecular flexibility index (Phi) is 8.07. The minimum Gasteiger partial charge on any atom is -0.497 e. The van der Waals surface area contributed by atoms with Crippen LogP contribution < -0.4 is 9.47 Å². The Balaban J connectivity index is 1.83. The van der Waals surface area contributed by atoms with Gasteiger partial charge < -0.3 is 14.2 Å². The van der Waals surface area contributed by atoms with E-state index in [1.165, 1.54) is 11.8 Å². The van der Waals surface area contributed by atoms with E-state index in [4.69, 9.17) is 14.2 Å². The van der Waals surface area contributed by atoms with E-state index < -0.39 is 0 Å². The molecule has 0 unspecified atom stereocenters. The minimum absolute atomic E-state index is 0.00398. The Morgan fingerprint density at radius 3 is 2.55 bits per heavy atom. The van der Waals surface area contributed by atoms with Gasteiger partial charge in [0, 0.05) is 25.4 Å². The number of benzene rings is 1. The molecule has 10 heteroatoms. The lowest BCUT2D eigenvalue weighted by Gasteiger charge is -2.09. The average Bonchev–Trinajstić information content (AvgIpc) is 3.39. The molecule has 0 amide bonds. The van der Waals surface area contributed by atoms with E-state index in [-0.39, 0.29) is 11.5 Å². The van der Waals surface area contributed by atoms with Crippen LogP contribution in [-0.2, 0) is 17.8 Å². The largest absolute Gasteiger partial charge is 0.497 e. The molecule has 0 aliphatic heterocycles. The zero-order valence-corrected chi connectivity index (χ0v) is 19.0. The molecule has 9 nitrogen and oxygen atoms in total. The number of hydrogen-bond donors (Lipinski definition) is 0. The second-order valence-electron chi connectivity index (χ2n) is 6.53. The molecule has 0 saturated carbocycles. The van der Waals surface area contributed by atoms with Crippen LogP contribution in [-0.4, -0.2) is 63.5 Å². The molecule has 3 rings (SSSR count). The first-order valence-electron chi connectivity index (χ1n) is 10.0. The first-order chi connectivity index (χ1) is 15.1. The number of hydrogen-bond acceptors (Lipinski definition) is 8. The molecule has 2 heterocycles. The molecule has 166 valence electrons. The number of ketones is 1. The van der Waals surface area contributed by atoms with Gasteiger partial charge in [-0.1, -0.05) is 11.8 Å². The zero-order valence-electron chi connectivity index (χ0n) is 18.2. The third-order valence-electron chi connectivity index (χ3n) is 4.55. The number of aromatic nitrogens is 5. The fraction of sp³-hybridized carbons (Fsp3) is 0.429. The van der Waals surface area contributed by atoms with Gasteiger partial charge in [0.2, 0.25) is 5.88 Å². The Labute approximate surface area is 185 Å². The van der Waals surface area contributed by atoms with Gasteiger partial charge in [-0.05, 0) is 38.1 Å². The van der Waals surface area contributed by atoms with Gasteiger partial charge in [0.1, 0.15) is 11.3 Å². The number of rotatable bonds is 12. The highest BCUT2D eigenvalue weighted by molar-refractivity contribution is 7.99. The molecule has 0 N–H and O–H groups in total. The van der Waals surface area contributed by atoms with E-state index in [9.17, 15) is 4.79 Å². The Morgan fingerprint density at radius 1 is 1.13 bits per heavy atom. The molecule has 0 radical (unpaired) electrons. The van der Waals surface area contributed by atoms with Crippen LogP contribution in [0.15, 0.2) is 35.6 Å². The molecule has 3 aromatic rings. The monoisotopic (exact) mass is 445 g/mol. The fourth-order valence-corrected chi connectivity index (χ4v) is 3.79. The molecular formula is C21H27N5O4S. The summed E-state index contributed by atoms with van der Waals surface area (Å²) in [6, 6.07) is 7.07. The van der Waals surface area contributed by atoms with Crippen molar-refractivity contribution in [2.24, 2.45) is 0 Å². The molecule has 0 spiro atoms. The van der Waals surface area contributed by atoms with Gasteiger partial charge in [0.15, 0.2) is 16.8 Å². The summed E-state index contributed by atoms with van der Waals surface area (Å²) in [5, 5.41) is 13.8. The van der Waals surface area contributed by atoms with Crippen molar-refractivity contribution in [2.45, 2.75) is 32.1 Å². The van der Waals surface area contributed by atoms with Gasteiger partial charge in [0.25, 0.3) is 0 Å². The van der Waals surface area contributed by atoms with Crippen molar-refractivity contribution < 1.29 is 19.0 Å². The topological polar surface area (TPSA) is 93.3 Å². The van der Waals surface area contributed by atoms with Crippen molar-refractivity contribution in [3.05, 3.63) is 36.0 Å². The van der Waals surface area contributed by atoms with Crippen molar-refractivity contribution in [2.75, 3.05) is 33.2 Å². The Bertz CT molecular complexity index is 1000. The number of ether oxygens (including phenoxy) is 3. The van der Waals surface area contributed by atoms with Crippen LogP contribution in [0.4, 0.5) is 0 Å². The SMILES string of the molecule is CCOc1nn(CC)cc1-c1nnc(SCC(=O)c2ccc(OC)cc2)n1CCOC. The molecule has 0 fully saturated rings. The van der Waals surface area contributed by atoms with Crippen LogP contribution in [0.2, 0.25) is 0 Å². The predicted molar refractivity (Wildman–Crippen MR) is 118 cm³/mol. The summed E-state index contributed by atoms with van der Waals surface area (Å²) < 4.78 is 19.9. The molecule has 0 atom stereocenters. The highest BCUT2D eigenvalue weighted by Gasteiger charge is 2.21. The van der Waals surface area contributed by atoms with E-state index in [1.54, 1.807) is 43.2 Å². The highest BCUT2D eigenvalue weighted by Crippen LogP contribution is 2.30. The van der Waals surface area contributed by atoms with Crippen molar-refractivity contribution in [3.8, 4) is 23.0 Å². The van der Waals surface area contributed by atoms with Gasteiger partial charge >= 0.3 is 0 Å². The first-order valence-corrected chi connectivity index (χ1v) is 11.0. The van der Waals surface area contributed by atoms with E-state index in [0.29, 0.717) is 54.5 Å². The Hall–Kier alpha value is -2.85. The lowest BCUT2D eigenvalue weighted by atomic mass is 10.1. The van der Waals surface area contributed by atoms with Crippen molar-refractivity contribution in [3.63, 3.8) is 0 Å². The van der Waals surface area contributed by atoms with Crippen molar-refractivity contribution >= 4 is 17.5 Å². The summed E-state index contributed by atoms with van der Waals surface area (Å²) >= 11 is 1.34. The average molecular weight is 446 g/mol. The summed E-state index contributed by atoms with van der Waals surface area (Å²) in [5.74, 6) is 2.11. The number of nitrogens with zero attached hydrogens (tertiary/aromatic N) is 5. The van der Waals surface area contributed by atoms with Gasteiger partial charge in [0.05, 0.1) is 32.6 Å². The quantitative estimate of drug-likeness (QED) is 0.310. The summed E-state index contributed by atoms with van der Waals surface area (Å²) in [4.78, 5) is 12.6. The predicted octanol–water partition coefficient (Wildman–Crippen LogP) is 3.19. The number of aryl methyl sites for hydroxylation is 1. The lowest BCUT2D eigenvalue weighted by Crippen LogP contribution is -2.09. The molecular weight excluding hydrogens is 418 g/mol. The second kappa shape index (κ2) is 11.0. The number of thioether (sulfide) groups is 1. The number of carbonyl (C=O) groups excluding carboxylic acids is 1.